The van der Waals surface area contributed by atoms with E-state index in [-0.39, 0.29) is 0 Å². The SMILES string of the molecule is CP(C)(=O)c1cc(F)ccc1Nc1nc(Nc2ccc3c(c2)CC[C@@H](N2CC[C@@H]4C[C@@H]42)CC3)ncc1Cl. The lowest BCUT2D eigenvalue weighted by atomic mass is 10.0. The van der Waals surface area contributed by atoms with Gasteiger partial charge in [-0.15, -0.1) is 0 Å². The number of likely N-dealkylation sites (tertiary alicyclic amines) is 1. The zero-order valence-electron chi connectivity index (χ0n) is 21.2. The molecule has 2 N–H and O–H groups in total. The second-order valence-electron chi connectivity index (χ2n) is 11.0. The van der Waals surface area contributed by atoms with Crippen molar-refractivity contribution in [3.05, 3.63) is 64.6 Å². The topological polar surface area (TPSA) is 70.2 Å². The molecule has 3 aliphatic rings. The molecular formula is C28H32ClFN5OP. The van der Waals surface area contributed by atoms with E-state index in [2.05, 4.69) is 43.7 Å². The maximum atomic E-state index is 13.9. The predicted octanol–water partition coefficient (Wildman–Crippen LogP) is 6.35. The Morgan fingerprint density at radius 2 is 1.86 bits per heavy atom. The number of halogens is 2. The maximum absolute atomic E-state index is 13.9. The van der Waals surface area contributed by atoms with Crippen molar-refractivity contribution in [3.8, 4) is 0 Å². The Kier molecular flexibility index (Phi) is 6.50. The Morgan fingerprint density at radius 3 is 2.59 bits per heavy atom. The molecule has 2 heterocycles. The molecule has 0 spiro atoms. The number of rotatable bonds is 6. The summed E-state index contributed by atoms with van der Waals surface area (Å²) in [5.74, 6) is 1.30. The van der Waals surface area contributed by atoms with Crippen molar-refractivity contribution in [1.82, 2.24) is 14.9 Å². The first-order chi connectivity index (χ1) is 17.7. The van der Waals surface area contributed by atoms with Crippen LogP contribution >= 0.6 is 18.7 Å². The zero-order chi connectivity index (χ0) is 25.7. The van der Waals surface area contributed by atoms with E-state index < -0.39 is 13.0 Å². The minimum atomic E-state index is -2.74. The second-order valence-corrected chi connectivity index (χ2v) is 14.5. The molecule has 194 valence electrons. The Hall–Kier alpha value is -2.47. The highest BCUT2D eigenvalue weighted by molar-refractivity contribution is 7.70. The van der Waals surface area contributed by atoms with Crippen LogP contribution in [0.15, 0.2) is 42.6 Å². The fourth-order valence-electron chi connectivity index (χ4n) is 6.01. The molecule has 37 heavy (non-hydrogen) atoms. The highest BCUT2D eigenvalue weighted by Gasteiger charge is 2.48. The van der Waals surface area contributed by atoms with Crippen LogP contribution in [-0.2, 0) is 17.4 Å². The standard InChI is InChI=1S/C28H32ClFN5OP/c1-37(2,36)26-15-20(30)6-10-24(26)33-27-23(29)16-31-28(34-27)32-21-7-3-17-4-8-22(9-5-18(17)13-21)35-12-11-19-14-25(19)35/h3,6-7,10,13,15-16,19,22,25H,4-5,8-9,11-12,14H2,1-2H3,(H2,31,32,33,34)/t19-,22+,25+/m1/s1. The third kappa shape index (κ3) is 5.27. The molecule has 0 radical (unpaired) electrons. The van der Waals surface area contributed by atoms with E-state index in [9.17, 15) is 8.96 Å². The summed E-state index contributed by atoms with van der Waals surface area (Å²) in [5.41, 5.74) is 4.27. The summed E-state index contributed by atoms with van der Waals surface area (Å²) in [6, 6.07) is 12.3. The first-order valence-corrected chi connectivity index (χ1v) is 16.0. The van der Waals surface area contributed by atoms with Gasteiger partial charge in [-0.1, -0.05) is 17.7 Å². The molecule has 2 aliphatic carbocycles. The number of benzene rings is 2. The van der Waals surface area contributed by atoms with Crippen LogP contribution in [0.5, 0.6) is 0 Å². The van der Waals surface area contributed by atoms with Gasteiger partial charge in [-0.3, -0.25) is 4.90 Å². The van der Waals surface area contributed by atoms with Crippen LogP contribution in [0, 0.1) is 11.7 Å². The summed E-state index contributed by atoms with van der Waals surface area (Å²) < 4.78 is 26.6. The Balaban J connectivity index is 1.18. The lowest BCUT2D eigenvalue weighted by Crippen LogP contribution is -2.35. The van der Waals surface area contributed by atoms with Gasteiger partial charge in [0.15, 0.2) is 5.82 Å². The number of nitrogens with one attached hydrogen (secondary N) is 2. The molecule has 6 nitrogen and oxygen atoms in total. The molecule has 6 rings (SSSR count). The number of anilines is 4. The predicted molar refractivity (Wildman–Crippen MR) is 149 cm³/mol. The van der Waals surface area contributed by atoms with Crippen molar-refractivity contribution < 1.29 is 8.96 Å². The van der Waals surface area contributed by atoms with Gasteiger partial charge in [-0.2, -0.15) is 4.98 Å². The molecular weight excluding hydrogens is 508 g/mol. The van der Waals surface area contributed by atoms with Crippen molar-refractivity contribution in [1.29, 1.82) is 0 Å². The third-order valence-corrected chi connectivity index (χ3v) is 9.84. The lowest BCUT2D eigenvalue weighted by molar-refractivity contribution is 0.195. The van der Waals surface area contributed by atoms with Gasteiger partial charge in [-0.25, -0.2) is 9.37 Å². The molecule has 0 unspecified atom stereocenters. The largest absolute Gasteiger partial charge is 0.338 e. The molecule has 3 atom stereocenters. The van der Waals surface area contributed by atoms with E-state index in [0.717, 1.165) is 30.5 Å². The summed E-state index contributed by atoms with van der Waals surface area (Å²) in [5, 5.41) is 7.17. The minimum Gasteiger partial charge on any atom is -0.338 e. The van der Waals surface area contributed by atoms with Crippen LogP contribution in [0.1, 0.15) is 36.8 Å². The van der Waals surface area contributed by atoms with Gasteiger partial charge >= 0.3 is 0 Å². The quantitative estimate of drug-likeness (QED) is 0.281. The number of hydrogen-bond donors (Lipinski definition) is 2. The summed E-state index contributed by atoms with van der Waals surface area (Å²) in [6.07, 6.45) is 8.98. The minimum absolute atomic E-state index is 0.315. The van der Waals surface area contributed by atoms with Crippen LogP contribution in [0.4, 0.5) is 27.5 Å². The highest BCUT2D eigenvalue weighted by Crippen LogP contribution is 2.46. The fourth-order valence-corrected chi connectivity index (χ4v) is 7.29. The van der Waals surface area contributed by atoms with Crippen molar-refractivity contribution in [2.24, 2.45) is 5.92 Å². The van der Waals surface area contributed by atoms with Gasteiger partial charge in [-0.05, 0) is 106 Å². The molecule has 1 aliphatic heterocycles. The fraction of sp³-hybridized carbons (Fsp3) is 0.429. The van der Waals surface area contributed by atoms with E-state index in [1.807, 2.05) is 0 Å². The molecule has 1 aromatic heterocycles. The number of aryl methyl sites for hydroxylation is 2. The molecule has 0 amide bonds. The molecule has 0 bridgehead atoms. The van der Waals surface area contributed by atoms with Crippen molar-refractivity contribution >= 4 is 47.2 Å². The van der Waals surface area contributed by atoms with Gasteiger partial charge in [0, 0.05) is 23.1 Å². The van der Waals surface area contributed by atoms with Crippen LogP contribution in [0.25, 0.3) is 0 Å². The Labute approximate surface area is 222 Å². The zero-order valence-corrected chi connectivity index (χ0v) is 22.8. The first-order valence-electron chi connectivity index (χ1n) is 13.0. The van der Waals surface area contributed by atoms with Gasteiger partial charge < -0.3 is 15.2 Å². The maximum Gasteiger partial charge on any atom is 0.229 e. The first kappa shape index (κ1) is 24.8. The van der Waals surface area contributed by atoms with Crippen LogP contribution in [0.3, 0.4) is 0 Å². The van der Waals surface area contributed by atoms with E-state index in [4.69, 9.17) is 11.6 Å². The van der Waals surface area contributed by atoms with Gasteiger partial charge in [0.05, 0.1) is 11.9 Å². The van der Waals surface area contributed by atoms with Crippen LogP contribution in [-0.4, -0.2) is 46.8 Å². The summed E-state index contributed by atoms with van der Waals surface area (Å²) in [7, 11) is -2.74. The van der Waals surface area contributed by atoms with E-state index in [1.54, 1.807) is 19.4 Å². The van der Waals surface area contributed by atoms with E-state index in [0.29, 0.717) is 33.8 Å². The number of nitrogens with zero attached hydrogens (tertiary/aromatic N) is 3. The molecule has 2 fully saturated rings. The molecule has 3 aromatic rings. The van der Waals surface area contributed by atoms with E-state index in [1.165, 1.54) is 61.7 Å². The van der Waals surface area contributed by atoms with Crippen molar-refractivity contribution in [3.63, 3.8) is 0 Å². The van der Waals surface area contributed by atoms with Crippen molar-refractivity contribution in [2.75, 3.05) is 30.5 Å². The Morgan fingerprint density at radius 1 is 1.05 bits per heavy atom. The van der Waals surface area contributed by atoms with Crippen molar-refractivity contribution in [2.45, 2.75) is 50.6 Å². The molecule has 1 saturated carbocycles. The van der Waals surface area contributed by atoms with Gasteiger partial charge in [0.25, 0.3) is 0 Å². The smallest absolute Gasteiger partial charge is 0.229 e. The normalized spacial score (nSPS) is 23.2. The summed E-state index contributed by atoms with van der Waals surface area (Å²) in [4.78, 5) is 11.7. The molecule has 1 saturated heterocycles. The summed E-state index contributed by atoms with van der Waals surface area (Å²) in [6.45, 7) is 4.49. The number of aromatic nitrogens is 2. The summed E-state index contributed by atoms with van der Waals surface area (Å²) >= 11 is 6.38. The molecule has 2 aromatic carbocycles. The van der Waals surface area contributed by atoms with Crippen LogP contribution in [0.2, 0.25) is 5.02 Å². The number of hydrogen-bond acceptors (Lipinski definition) is 6. The number of piperidine rings is 1. The average Bonchev–Trinajstić information content (AvgIpc) is 3.57. The average molecular weight is 540 g/mol. The Bertz CT molecular complexity index is 1390. The van der Waals surface area contributed by atoms with E-state index >= 15 is 0 Å². The van der Waals surface area contributed by atoms with Crippen LogP contribution < -0.4 is 15.9 Å². The monoisotopic (exact) mass is 539 g/mol. The highest BCUT2D eigenvalue weighted by atomic mass is 35.5. The lowest BCUT2D eigenvalue weighted by Gasteiger charge is -2.28. The molecule has 9 heteroatoms. The van der Waals surface area contributed by atoms with Gasteiger partial charge in [0.2, 0.25) is 5.95 Å². The van der Waals surface area contributed by atoms with Gasteiger partial charge in [0.1, 0.15) is 18.0 Å². The third-order valence-electron chi connectivity index (χ3n) is 8.03. The second kappa shape index (κ2) is 9.68. The number of fused-ring (bicyclic) bond motifs is 2.